The molecule has 182 valence electrons. The van der Waals surface area contributed by atoms with E-state index in [1.165, 1.54) is 11.0 Å². The van der Waals surface area contributed by atoms with Crippen molar-refractivity contribution in [1.82, 2.24) is 9.80 Å². The van der Waals surface area contributed by atoms with Crippen molar-refractivity contribution in [2.24, 2.45) is 17.8 Å². The molecule has 0 aromatic heterocycles. The summed E-state index contributed by atoms with van der Waals surface area (Å²) in [6.45, 7) is 1.61. The smallest absolute Gasteiger partial charge is 0.259 e. The molecule has 4 rings (SSSR count). The largest absolute Gasteiger partial charge is 0.494 e. The Bertz CT molecular complexity index is 1050. The number of benzene rings is 2. The number of hydrogen-bond acceptors (Lipinski definition) is 3. The number of piperidine rings is 1. The number of carbonyl (C=O) groups excluding carboxylic acids is 2. The molecule has 2 aromatic rings. The van der Waals surface area contributed by atoms with Gasteiger partial charge in [-0.15, -0.1) is 0 Å². The van der Waals surface area contributed by atoms with E-state index in [1.54, 1.807) is 37.2 Å². The number of halogens is 3. The van der Waals surface area contributed by atoms with Crippen LogP contribution in [-0.4, -0.2) is 55.4 Å². The van der Waals surface area contributed by atoms with Crippen LogP contribution in [0.5, 0.6) is 5.75 Å². The van der Waals surface area contributed by atoms with E-state index < -0.39 is 23.1 Å². The Morgan fingerprint density at radius 3 is 2.41 bits per heavy atom. The van der Waals surface area contributed by atoms with Crippen LogP contribution in [0.1, 0.15) is 46.4 Å². The monoisotopic (exact) mass is 490 g/mol. The highest BCUT2D eigenvalue weighted by Crippen LogP contribution is 2.49. The Hall–Kier alpha value is -2.67. The fourth-order valence-electron chi connectivity index (χ4n) is 4.90. The molecule has 2 fully saturated rings. The minimum atomic E-state index is -0.811. The van der Waals surface area contributed by atoms with Crippen LogP contribution in [-0.2, 0) is 0 Å². The molecule has 0 bridgehead atoms. The van der Waals surface area contributed by atoms with Crippen molar-refractivity contribution in [2.75, 3.05) is 33.8 Å². The van der Waals surface area contributed by atoms with Crippen LogP contribution in [0, 0.1) is 29.4 Å². The van der Waals surface area contributed by atoms with Gasteiger partial charge in [0, 0.05) is 27.2 Å². The van der Waals surface area contributed by atoms with Crippen LogP contribution >= 0.6 is 11.6 Å². The number of carbonyl (C=O) groups is 2. The molecule has 0 radical (unpaired) electrons. The molecular formula is C26H29ClF2N2O3. The summed E-state index contributed by atoms with van der Waals surface area (Å²) in [7, 11) is 3.36. The van der Waals surface area contributed by atoms with Gasteiger partial charge in [0.15, 0.2) is 0 Å². The molecule has 1 saturated carbocycles. The van der Waals surface area contributed by atoms with Crippen molar-refractivity contribution in [2.45, 2.75) is 25.7 Å². The summed E-state index contributed by atoms with van der Waals surface area (Å²) < 4.78 is 33.8. The van der Waals surface area contributed by atoms with Gasteiger partial charge in [0.2, 0.25) is 0 Å². The molecule has 34 heavy (non-hydrogen) atoms. The SMILES string of the molecule is CN(C)C(=O)c1ccc(OCC[C@@H]2CC2C2CCN(C(=O)c3c(F)cccc3F)CC2)cc1Cl. The standard InChI is InChI=1S/C26H29ClF2N2O3/c1-30(2)25(32)19-7-6-18(15-21(19)27)34-13-10-17-14-20(17)16-8-11-31(12-9-16)26(33)24-22(28)4-3-5-23(24)29/h3-7,15-17,20H,8-14H2,1-2H3/t17-,20?/m1/s1. The summed E-state index contributed by atoms with van der Waals surface area (Å²) in [5.41, 5.74) is -0.00884. The molecule has 0 spiro atoms. The molecule has 1 saturated heterocycles. The second kappa shape index (κ2) is 10.3. The molecule has 2 amide bonds. The summed E-state index contributed by atoms with van der Waals surface area (Å²) >= 11 is 6.24. The molecule has 2 aliphatic rings. The maximum atomic E-state index is 13.9. The molecule has 5 nitrogen and oxygen atoms in total. The zero-order valence-electron chi connectivity index (χ0n) is 19.4. The lowest BCUT2D eigenvalue weighted by Gasteiger charge is -2.32. The first-order valence-electron chi connectivity index (χ1n) is 11.6. The number of amides is 2. The van der Waals surface area contributed by atoms with Gasteiger partial charge in [0.25, 0.3) is 11.8 Å². The highest BCUT2D eigenvalue weighted by Gasteiger charge is 2.43. The van der Waals surface area contributed by atoms with Crippen molar-refractivity contribution in [3.05, 3.63) is 64.2 Å². The Balaban J connectivity index is 1.21. The molecule has 0 N–H and O–H groups in total. The van der Waals surface area contributed by atoms with Gasteiger partial charge in [-0.3, -0.25) is 9.59 Å². The Morgan fingerprint density at radius 2 is 1.79 bits per heavy atom. The Kier molecular flexibility index (Phi) is 7.41. The Morgan fingerprint density at radius 1 is 1.12 bits per heavy atom. The lowest BCUT2D eigenvalue weighted by atomic mass is 9.90. The maximum absolute atomic E-state index is 13.9. The van der Waals surface area contributed by atoms with Crippen LogP contribution in [0.3, 0.4) is 0 Å². The molecule has 2 aromatic carbocycles. The Labute approximate surface area is 203 Å². The van der Waals surface area contributed by atoms with E-state index in [4.69, 9.17) is 16.3 Å². The first-order valence-corrected chi connectivity index (χ1v) is 12.0. The summed E-state index contributed by atoms with van der Waals surface area (Å²) in [4.78, 5) is 27.7. The third kappa shape index (κ3) is 5.35. The van der Waals surface area contributed by atoms with Crippen LogP contribution in [0.2, 0.25) is 5.02 Å². The third-order valence-corrected chi connectivity index (χ3v) is 7.23. The van der Waals surface area contributed by atoms with Gasteiger partial charge in [-0.25, -0.2) is 8.78 Å². The van der Waals surface area contributed by atoms with E-state index in [2.05, 4.69) is 0 Å². The van der Waals surface area contributed by atoms with E-state index in [9.17, 15) is 18.4 Å². The molecule has 2 atom stereocenters. The van der Waals surface area contributed by atoms with Crippen molar-refractivity contribution in [3.63, 3.8) is 0 Å². The van der Waals surface area contributed by atoms with Crippen molar-refractivity contribution in [3.8, 4) is 5.75 Å². The number of likely N-dealkylation sites (tertiary alicyclic amines) is 1. The molecule has 1 aliphatic heterocycles. The van der Waals surface area contributed by atoms with Gasteiger partial charge >= 0.3 is 0 Å². The average molecular weight is 491 g/mol. The fourth-order valence-corrected chi connectivity index (χ4v) is 5.15. The van der Waals surface area contributed by atoms with Gasteiger partial charge in [-0.1, -0.05) is 17.7 Å². The number of rotatable bonds is 7. The second-order valence-electron chi connectivity index (χ2n) is 9.36. The van der Waals surface area contributed by atoms with E-state index in [1.807, 2.05) is 0 Å². The third-order valence-electron chi connectivity index (χ3n) is 6.92. The molecule has 1 aliphatic carbocycles. The van der Waals surface area contributed by atoms with Crippen molar-refractivity contribution >= 4 is 23.4 Å². The van der Waals surface area contributed by atoms with E-state index >= 15 is 0 Å². The zero-order valence-corrected chi connectivity index (χ0v) is 20.2. The fraction of sp³-hybridized carbons (Fsp3) is 0.462. The number of ether oxygens (including phenoxy) is 1. The van der Waals surface area contributed by atoms with E-state index in [0.717, 1.165) is 37.8 Å². The zero-order chi connectivity index (χ0) is 24.4. The molecule has 8 heteroatoms. The maximum Gasteiger partial charge on any atom is 0.259 e. The van der Waals surface area contributed by atoms with E-state index in [-0.39, 0.29) is 5.91 Å². The van der Waals surface area contributed by atoms with Gasteiger partial charge in [0.05, 0.1) is 17.2 Å². The predicted octanol–water partition coefficient (Wildman–Crippen LogP) is 5.28. The number of nitrogens with zero attached hydrogens (tertiary/aromatic N) is 2. The molecular weight excluding hydrogens is 462 g/mol. The first kappa shape index (κ1) is 24.5. The minimum absolute atomic E-state index is 0.149. The topological polar surface area (TPSA) is 49.9 Å². The van der Waals surface area contributed by atoms with Gasteiger partial charge < -0.3 is 14.5 Å². The van der Waals surface area contributed by atoms with Crippen LogP contribution in [0.25, 0.3) is 0 Å². The highest BCUT2D eigenvalue weighted by molar-refractivity contribution is 6.34. The average Bonchev–Trinajstić information content (AvgIpc) is 3.58. The first-order chi connectivity index (χ1) is 16.3. The summed E-state index contributed by atoms with van der Waals surface area (Å²) in [5.74, 6) is 0.0196. The van der Waals surface area contributed by atoms with Crippen LogP contribution < -0.4 is 4.74 Å². The normalized spacial score (nSPS) is 20.2. The van der Waals surface area contributed by atoms with Crippen molar-refractivity contribution < 1.29 is 23.1 Å². The van der Waals surface area contributed by atoms with Gasteiger partial charge in [0.1, 0.15) is 22.9 Å². The van der Waals surface area contributed by atoms with Crippen molar-refractivity contribution in [1.29, 1.82) is 0 Å². The van der Waals surface area contributed by atoms with Gasteiger partial charge in [-0.2, -0.15) is 0 Å². The van der Waals surface area contributed by atoms with Gasteiger partial charge in [-0.05, 0) is 73.8 Å². The molecule has 1 heterocycles. The van der Waals surface area contributed by atoms with Crippen LogP contribution in [0.15, 0.2) is 36.4 Å². The molecule has 1 unspecified atom stereocenters. The minimum Gasteiger partial charge on any atom is -0.494 e. The quantitative estimate of drug-likeness (QED) is 0.530. The highest BCUT2D eigenvalue weighted by atomic mass is 35.5. The predicted molar refractivity (Wildman–Crippen MR) is 126 cm³/mol. The second-order valence-corrected chi connectivity index (χ2v) is 9.77. The summed E-state index contributed by atoms with van der Waals surface area (Å²) in [6, 6.07) is 8.62. The lowest BCUT2D eigenvalue weighted by molar-refractivity contribution is 0.0667. The van der Waals surface area contributed by atoms with E-state index in [0.29, 0.717) is 53.8 Å². The van der Waals surface area contributed by atoms with Crippen LogP contribution in [0.4, 0.5) is 8.78 Å². The summed E-state index contributed by atoms with van der Waals surface area (Å²) in [5, 5.41) is 0.372. The number of hydrogen-bond donors (Lipinski definition) is 0. The lowest BCUT2D eigenvalue weighted by Crippen LogP contribution is -2.39. The summed E-state index contributed by atoms with van der Waals surface area (Å²) in [6.07, 6.45) is 3.77.